The molecule has 1 aliphatic rings. The molecule has 0 amide bonds. The second kappa shape index (κ2) is 7.61. The highest BCUT2D eigenvalue weighted by Gasteiger charge is 2.31. The molecule has 1 unspecified atom stereocenters. The van der Waals surface area contributed by atoms with Crippen molar-refractivity contribution in [1.29, 1.82) is 0 Å². The predicted octanol–water partition coefficient (Wildman–Crippen LogP) is 3.95. The van der Waals surface area contributed by atoms with Crippen LogP contribution in [0.25, 0.3) is 10.6 Å². The first-order valence-corrected chi connectivity index (χ1v) is 10.9. The zero-order chi connectivity index (χ0) is 19.7. The van der Waals surface area contributed by atoms with Crippen molar-refractivity contribution in [1.82, 2.24) is 9.46 Å². The summed E-state index contributed by atoms with van der Waals surface area (Å²) >= 11 is 1.14. The molecule has 3 heterocycles. The second-order valence-corrected chi connectivity index (χ2v) is 9.73. The number of nitrogens with one attached hydrogen (secondary N) is 1. The highest BCUT2D eigenvalue weighted by Crippen LogP contribution is 2.32. The Morgan fingerprint density at radius 1 is 1.18 bits per heavy atom. The first kappa shape index (κ1) is 19.0. The Bertz CT molecular complexity index is 1070. The van der Waals surface area contributed by atoms with Crippen LogP contribution in [-0.2, 0) is 10.0 Å². The van der Waals surface area contributed by atoms with E-state index >= 15 is 0 Å². The minimum Gasteiger partial charge on any atom is -0.381 e. The van der Waals surface area contributed by atoms with Crippen molar-refractivity contribution in [3.05, 3.63) is 54.3 Å². The van der Waals surface area contributed by atoms with Gasteiger partial charge >= 0.3 is 0 Å². The predicted molar refractivity (Wildman–Crippen MR) is 102 cm³/mol. The highest BCUT2D eigenvalue weighted by molar-refractivity contribution is 7.91. The van der Waals surface area contributed by atoms with Gasteiger partial charge in [0.15, 0.2) is 11.6 Å². The number of benzene rings is 1. The quantitative estimate of drug-likeness (QED) is 0.670. The lowest BCUT2D eigenvalue weighted by Crippen LogP contribution is -2.44. The van der Waals surface area contributed by atoms with Crippen molar-refractivity contribution in [3.8, 4) is 10.6 Å². The molecule has 2 aromatic heterocycles. The lowest BCUT2D eigenvalue weighted by atomic mass is 10.1. The van der Waals surface area contributed by atoms with Gasteiger partial charge in [-0.05, 0) is 37.1 Å². The molecule has 148 valence electrons. The SMILES string of the molecule is O=S(=O)(c1ccc(-c2ccon2)s1)N1CCCC(Nc2ccc(F)c(F)c2)C1. The summed E-state index contributed by atoms with van der Waals surface area (Å²) in [5.41, 5.74) is 1.01. The van der Waals surface area contributed by atoms with Crippen LogP contribution in [0.2, 0.25) is 0 Å². The van der Waals surface area contributed by atoms with Crippen molar-refractivity contribution in [3.63, 3.8) is 0 Å². The number of rotatable bonds is 5. The Morgan fingerprint density at radius 2 is 2.04 bits per heavy atom. The third kappa shape index (κ3) is 3.80. The number of halogens is 2. The monoisotopic (exact) mass is 425 g/mol. The number of anilines is 1. The third-order valence-corrected chi connectivity index (χ3v) is 7.98. The van der Waals surface area contributed by atoms with E-state index in [1.165, 1.54) is 16.6 Å². The van der Waals surface area contributed by atoms with Gasteiger partial charge in [0.25, 0.3) is 10.0 Å². The normalized spacial score (nSPS) is 18.3. The van der Waals surface area contributed by atoms with Gasteiger partial charge in [-0.3, -0.25) is 0 Å². The fourth-order valence-corrected chi connectivity index (χ4v) is 6.11. The molecule has 0 aliphatic carbocycles. The summed E-state index contributed by atoms with van der Waals surface area (Å²) in [6.45, 7) is 0.661. The summed E-state index contributed by atoms with van der Waals surface area (Å²) in [7, 11) is -3.65. The number of hydrogen-bond donors (Lipinski definition) is 1. The molecular weight excluding hydrogens is 408 g/mol. The topological polar surface area (TPSA) is 75.4 Å². The van der Waals surface area contributed by atoms with Crippen molar-refractivity contribution in [2.45, 2.75) is 23.1 Å². The van der Waals surface area contributed by atoms with Crippen LogP contribution >= 0.6 is 11.3 Å². The highest BCUT2D eigenvalue weighted by atomic mass is 32.2. The molecule has 3 aromatic rings. The first-order valence-electron chi connectivity index (χ1n) is 8.66. The van der Waals surface area contributed by atoms with Crippen LogP contribution in [-0.4, -0.2) is 37.0 Å². The summed E-state index contributed by atoms with van der Waals surface area (Å²) in [6.07, 6.45) is 2.84. The van der Waals surface area contributed by atoms with Gasteiger partial charge in [0, 0.05) is 37.0 Å². The number of aromatic nitrogens is 1. The molecule has 0 radical (unpaired) electrons. The number of nitrogens with zero attached hydrogens (tertiary/aromatic N) is 2. The van der Waals surface area contributed by atoms with Crippen LogP contribution in [0.4, 0.5) is 14.5 Å². The van der Waals surface area contributed by atoms with E-state index in [0.717, 1.165) is 29.9 Å². The lowest BCUT2D eigenvalue weighted by Gasteiger charge is -2.32. The summed E-state index contributed by atoms with van der Waals surface area (Å²) in [6, 6.07) is 8.31. The van der Waals surface area contributed by atoms with Crippen molar-refractivity contribution >= 4 is 27.0 Å². The molecular formula is C18H17F2N3O3S2. The van der Waals surface area contributed by atoms with Crippen molar-refractivity contribution in [2.24, 2.45) is 0 Å². The average Bonchev–Trinajstić information content (AvgIpc) is 3.36. The van der Waals surface area contributed by atoms with Gasteiger partial charge in [-0.2, -0.15) is 4.31 Å². The Morgan fingerprint density at radius 3 is 2.79 bits per heavy atom. The minimum atomic E-state index is -3.65. The molecule has 0 spiro atoms. The number of thiophene rings is 1. The maximum Gasteiger partial charge on any atom is 0.252 e. The molecule has 1 aromatic carbocycles. The Kier molecular flexibility index (Phi) is 5.17. The Labute approximate surface area is 164 Å². The Hall–Kier alpha value is -2.30. The van der Waals surface area contributed by atoms with Gasteiger partial charge < -0.3 is 9.84 Å². The fraction of sp³-hybridized carbons (Fsp3) is 0.278. The molecule has 0 bridgehead atoms. The molecule has 1 atom stereocenters. The van der Waals surface area contributed by atoms with Crippen LogP contribution in [0.1, 0.15) is 12.8 Å². The van der Waals surface area contributed by atoms with Gasteiger partial charge in [0.1, 0.15) is 16.2 Å². The molecule has 1 N–H and O–H groups in total. The van der Waals surface area contributed by atoms with E-state index < -0.39 is 21.7 Å². The molecule has 1 fully saturated rings. The van der Waals surface area contributed by atoms with Crippen molar-refractivity contribution in [2.75, 3.05) is 18.4 Å². The fourth-order valence-electron chi connectivity index (χ4n) is 3.16. The second-order valence-electron chi connectivity index (χ2n) is 6.48. The summed E-state index contributed by atoms with van der Waals surface area (Å²) in [4.78, 5) is 0.709. The molecule has 1 saturated heterocycles. The van der Waals surface area contributed by atoms with Gasteiger partial charge in [0.2, 0.25) is 0 Å². The largest absolute Gasteiger partial charge is 0.381 e. The van der Waals surface area contributed by atoms with Crippen LogP contribution in [0, 0.1) is 11.6 Å². The molecule has 1 aliphatic heterocycles. The van der Waals surface area contributed by atoms with E-state index in [-0.39, 0.29) is 16.8 Å². The molecule has 28 heavy (non-hydrogen) atoms. The van der Waals surface area contributed by atoms with Gasteiger partial charge in [-0.25, -0.2) is 17.2 Å². The number of hydrogen-bond acceptors (Lipinski definition) is 6. The summed E-state index contributed by atoms with van der Waals surface area (Å²) < 4.78 is 59.0. The molecule has 0 saturated carbocycles. The zero-order valence-electron chi connectivity index (χ0n) is 14.6. The molecule has 10 heteroatoms. The first-order chi connectivity index (χ1) is 13.4. The average molecular weight is 425 g/mol. The maximum absolute atomic E-state index is 13.4. The van der Waals surface area contributed by atoms with E-state index in [0.29, 0.717) is 29.2 Å². The maximum atomic E-state index is 13.4. The van der Waals surface area contributed by atoms with Crippen LogP contribution in [0.5, 0.6) is 0 Å². The van der Waals surface area contributed by atoms with Crippen molar-refractivity contribution < 1.29 is 21.7 Å². The van der Waals surface area contributed by atoms with E-state index in [1.54, 1.807) is 18.2 Å². The van der Waals surface area contributed by atoms with E-state index in [1.807, 2.05) is 0 Å². The zero-order valence-corrected chi connectivity index (χ0v) is 16.3. The molecule has 6 nitrogen and oxygen atoms in total. The van der Waals surface area contributed by atoms with Gasteiger partial charge in [-0.1, -0.05) is 5.16 Å². The lowest BCUT2D eigenvalue weighted by molar-refractivity contribution is 0.327. The summed E-state index contributed by atoms with van der Waals surface area (Å²) in [5, 5.41) is 6.92. The van der Waals surface area contributed by atoms with E-state index in [2.05, 4.69) is 10.5 Å². The van der Waals surface area contributed by atoms with Crippen LogP contribution in [0.3, 0.4) is 0 Å². The molecule has 4 rings (SSSR count). The Balaban J connectivity index is 1.49. The van der Waals surface area contributed by atoms with Crippen LogP contribution < -0.4 is 5.32 Å². The van der Waals surface area contributed by atoms with Crippen LogP contribution in [0.15, 0.2) is 51.4 Å². The van der Waals surface area contributed by atoms with E-state index in [9.17, 15) is 17.2 Å². The van der Waals surface area contributed by atoms with Gasteiger partial charge in [-0.15, -0.1) is 11.3 Å². The standard InChI is InChI=1S/C18H17F2N3O3S2/c19-14-4-3-12(10-15(14)20)21-13-2-1-8-23(11-13)28(24,25)18-6-5-17(27-18)16-7-9-26-22-16/h3-7,9-10,13,21H,1-2,8,11H2. The minimum absolute atomic E-state index is 0.191. The van der Waals surface area contributed by atoms with E-state index in [4.69, 9.17) is 4.52 Å². The summed E-state index contributed by atoms with van der Waals surface area (Å²) in [5.74, 6) is -1.86. The third-order valence-electron chi connectivity index (χ3n) is 4.54. The number of piperidine rings is 1. The smallest absolute Gasteiger partial charge is 0.252 e. The number of sulfonamides is 1. The van der Waals surface area contributed by atoms with Gasteiger partial charge in [0.05, 0.1) is 4.88 Å².